The molecule has 0 saturated heterocycles. The van der Waals surface area contributed by atoms with E-state index in [0.29, 0.717) is 10.8 Å². The van der Waals surface area contributed by atoms with E-state index in [1.54, 1.807) is 12.1 Å². The fourth-order valence-corrected chi connectivity index (χ4v) is 1.23. The number of hydrogen-bond donors (Lipinski definition) is 1. The summed E-state index contributed by atoms with van der Waals surface area (Å²) in [5.41, 5.74) is 1.65. The summed E-state index contributed by atoms with van der Waals surface area (Å²) >= 11 is 5.71. The van der Waals surface area contributed by atoms with E-state index in [2.05, 4.69) is 0 Å². The normalized spacial score (nSPS) is 8.58. The van der Waals surface area contributed by atoms with Crippen LogP contribution in [0.1, 0.15) is 11.1 Å². The predicted molar refractivity (Wildman–Crippen MR) is 49.7 cm³/mol. The molecule has 0 saturated carbocycles. The fraction of sp³-hybridized carbons (Fsp3) is 0.222. The third-order valence-electron chi connectivity index (χ3n) is 1.46. The van der Waals surface area contributed by atoms with Crippen LogP contribution < -0.4 is 0 Å². The van der Waals surface area contributed by atoms with E-state index in [0.717, 1.165) is 11.1 Å². The molecule has 2 nitrogen and oxygen atoms in total. The van der Waals surface area contributed by atoms with Crippen LogP contribution in [0.25, 0.3) is 0 Å². The molecule has 0 heterocycles. The maximum atomic E-state index is 9.27. The lowest BCUT2D eigenvalue weighted by atomic mass is 10.1. The van der Waals surface area contributed by atoms with Gasteiger partial charge in [0.2, 0.25) is 0 Å². The van der Waals surface area contributed by atoms with Gasteiger partial charge in [-0.25, -0.2) is 0 Å². The molecular weight excluding hydrogens is 176 g/mol. The summed E-state index contributed by atoms with van der Waals surface area (Å²) < 4.78 is 0. The van der Waals surface area contributed by atoms with Crippen LogP contribution in [0.5, 0.6) is 5.75 Å². The van der Waals surface area contributed by atoms with Gasteiger partial charge >= 0.3 is 0 Å². The highest BCUT2D eigenvalue weighted by atomic mass is 35.5. The highest BCUT2D eigenvalue weighted by molar-refractivity contribution is 6.30. The number of phenols is 1. The molecule has 1 aromatic carbocycles. The predicted octanol–water partition coefficient (Wildman–Crippen LogP) is 2.48. The molecule has 0 aliphatic rings. The highest BCUT2D eigenvalue weighted by Gasteiger charge is 2.00. The Morgan fingerprint density at radius 3 is 1.92 bits per heavy atom. The van der Waals surface area contributed by atoms with E-state index in [-0.39, 0.29) is 0 Å². The van der Waals surface area contributed by atoms with Crippen LogP contribution in [-0.4, -0.2) is 11.9 Å². The van der Waals surface area contributed by atoms with Gasteiger partial charge in [-0.05, 0) is 37.1 Å². The van der Waals surface area contributed by atoms with E-state index >= 15 is 0 Å². The number of aryl methyl sites for hydroxylation is 2. The smallest absolute Gasteiger partial charge is 0.121 e. The Labute approximate surface area is 76.8 Å². The van der Waals surface area contributed by atoms with Gasteiger partial charge in [0.15, 0.2) is 0 Å². The molecule has 1 N–H and O–H groups in total. The molecule has 0 aliphatic heterocycles. The maximum Gasteiger partial charge on any atom is 0.121 e. The van der Waals surface area contributed by atoms with Gasteiger partial charge in [0.25, 0.3) is 0 Å². The molecule has 12 heavy (non-hydrogen) atoms. The summed E-state index contributed by atoms with van der Waals surface area (Å²) in [6, 6.07) is 3.48. The van der Waals surface area contributed by atoms with E-state index in [1.807, 2.05) is 20.6 Å². The highest BCUT2D eigenvalue weighted by Crippen LogP contribution is 2.24. The fourth-order valence-electron chi connectivity index (χ4n) is 0.903. The van der Waals surface area contributed by atoms with Crippen molar-refractivity contribution in [3.05, 3.63) is 28.3 Å². The summed E-state index contributed by atoms with van der Waals surface area (Å²) in [4.78, 5) is 8.00. The number of phenolic OH excluding ortho intramolecular Hbond substituents is 1. The third kappa shape index (κ3) is 2.55. The van der Waals surface area contributed by atoms with Crippen LogP contribution >= 0.6 is 11.6 Å². The average molecular weight is 187 g/mol. The third-order valence-corrected chi connectivity index (χ3v) is 1.67. The van der Waals surface area contributed by atoms with E-state index in [9.17, 15) is 5.11 Å². The van der Waals surface area contributed by atoms with Gasteiger partial charge in [0.1, 0.15) is 12.5 Å². The Bertz CT molecular complexity index is 248. The summed E-state index contributed by atoms with van der Waals surface area (Å²) in [5, 5.41) is 9.95. The van der Waals surface area contributed by atoms with Gasteiger partial charge in [-0.1, -0.05) is 11.6 Å². The van der Waals surface area contributed by atoms with Crippen LogP contribution in [0.2, 0.25) is 5.02 Å². The zero-order valence-electron chi connectivity index (χ0n) is 7.10. The molecule has 3 heteroatoms. The van der Waals surface area contributed by atoms with Crippen molar-refractivity contribution in [3.63, 3.8) is 0 Å². The van der Waals surface area contributed by atoms with Crippen LogP contribution in [0.15, 0.2) is 12.1 Å². The lowest BCUT2D eigenvalue weighted by molar-refractivity contribution is -0.0979. The molecule has 0 aromatic heterocycles. The maximum absolute atomic E-state index is 9.27. The number of aromatic hydroxyl groups is 1. The second-order valence-corrected chi connectivity index (χ2v) is 2.82. The van der Waals surface area contributed by atoms with Crippen LogP contribution in [0, 0.1) is 13.8 Å². The number of rotatable bonds is 0. The van der Waals surface area contributed by atoms with Gasteiger partial charge in [-0.3, -0.25) is 0 Å². The van der Waals surface area contributed by atoms with Crippen molar-refractivity contribution in [2.75, 3.05) is 0 Å². The molecule has 0 atom stereocenters. The molecule has 0 aliphatic carbocycles. The first-order valence-corrected chi connectivity index (χ1v) is 3.73. The van der Waals surface area contributed by atoms with Gasteiger partial charge in [-0.15, -0.1) is 0 Å². The van der Waals surface area contributed by atoms with Crippen molar-refractivity contribution in [2.24, 2.45) is 0 Å². The van der Waals surface area contributed by atoms with Crippen molar-refractivity contribution in [2.45, 2.75) is 13.8 Å². The molecule has 1 aromatic rings. The first-order valence-electron chi connectivity index (χ1n) is 3.36. The Kier molecular flexibility index (Phi) is 4.37. The van der Waals surface area contributed by atoms with E-state index < -0.39 is 0 Å². The summed E-state index contributed by atoms with van der Waals surface area (Å²) in [6.45, 7) is 5.66. The number of halogens is 1. The summed E-state index contributed by atoms with van der Waals surface area (Å²) in [5.74, 6) is 0.337. The van der Waals surface area contributed by atoms with Crippen LogP contribution in [0.3, 0.4) is 0 Å². The standard InChI is InChI=1S/C8H9ClO.CH2O/c1-5-3-7(9)4-6(2)8(5)10;1-2/h3-4,10H,1-2H3;1H2. The summed E-state index contributed by atoms with van der Waals surface area (Å²) in [7, 11) is 0. The zero-order valence-corrected chi connectivity index (χ0v) is 7.85. The molecule has 0 radical (unpaired) electrons. The molecule has 1 rings (SSSR count). The van der Waals surface area contributed by atoms with Gasteiger partial charge in [-0.2, -0.15) is 0 Å². The molecule has 0 fully saturated rings. The van der Waals surface area contributed by atoms with Crippen LogP contribution in [-0.2, 0) is 4.79 Å². The quantitative estimate of drug-likeness (QED) is 0.676. The number of carbonyl (C=O) groups is 1. The number of benzene rings is 1. The second kappa shape index (κ2) is 4.78. The average Bonchev–Trinajstić information content (AvgIpc) is 2.04. The lowest BCUT2D eigenvalue weighted by Gasteiger charge is -2.01. The second-order valence-electron chi connectivity index (χ2n) is 2.39. The van der Waals surface area contributed by atoms with Crippen molar-refractivity contribution in [3.8, 4) is 5.75 Å². The first kappa shape index (κ1) is 11.0. The van der Waals surface area contributed by atoms with Gasteiger partial charge in [0.05, 0.1) is 0 Å². The zero-order chi connectivity index (χ0) is 9.72. The van der Waals surface area contributed by atoms with Gasteiger partial charge < -0.3 is 9.90 Å². The topological polar surface area (TPSA) is 37.3 Å². The van der Waals surface area contributed by atoms with Crippen LogP contribution in [0.4, 0.5) is 0 Å². The Hall–Kier alpha value is -1.02. The Morgan fingerprint density at radius 2 is 1.58 bits per heavy atom. The lowest BCUT2D eigenvalue weighted by Crippen LogP contribution is -1.79. The number of hydrogen-bond acceptors (Lipinski definition) is 2. The Balaban J connectivity index is 0.000000561. The largest absolute Gasteiger partial charge is 0.507 e. The van der Waals surface area contributed by atoms with E-state index in [4.69, 9.17) is 16.4 Å². The minimum Gasteiger partial charge on any atom is -0.507 e. The monoisotopic (exact) mass is 186 g/mol. The molecule has 0 amide bonds. The molecule has 0 unspecified atom stereocenters. The Morgan fingerprint density at radius 1 is 1.25 bits per heavy atom. The summed E-state index contributed by atoms with van der Waals surface area (Å²) in [6.07, 6.45) is 0. The molecular formula is C9H11ClO2. The minimum atomic E-state index is 0.337. The van der Waals surface area contributed by atoms with Crippen molar-refractivity contribution < 1.29 is 9.90 Å². The van der Waals surface area contributed by atoms with Crippen molar-refractivity contribution in [1.82, 2.24) is 0 Å². The van der Waals surface area contributed by atoms with Crippen molar-refractivity contribution in [1.29, 1.82) is 0 Å². The first-order chi connectivity index (χ1) is 5.61. The molecule has 0 spiro atoms. The molecule has 66 valence electrons. The molecule has 0 bridgehead atoms. The van der Waals surface area contributed by atoms with E-state index in [1.165, 1.54) is 0 Å². The minimum absolute atomic E-state index is 0.337. The van der Waals surface area contributed by atoms with Crippen molar-refractivity contribution >= 4 is 18.4 Å². The SMILES string of the molecule is C=O.Cc1cc(Cl)cc(C)c1O. The number of carbonyl (C=O) groups excluding carboxylic acids is 1. The van der Waals surface area contributed by atoms with Gasteiger partial charge in [0, 0.05) is 5.02 Å².